The molecule has 0 unspecified atom stereocenters. The zero-order valence-corrected chi connectivity index (χ0v) is 15.4. The summed E-state index contributed by atoms with van der Waals surface area (Å²) in [6.45, 7) is 3.09. The Morgan fingerprint density at radius 3 is 2.04 bits per heavy atom. The molecule has 2 heteroatoms. The van der Waals surface area contributed by atoms with Gasteiger partial charge in [0.05, 0.1) is 18.3 Å². The van der Waals surface area contributed by atoms with Gasteiger partial charge >= 0.3 is 0 Å². The first kappa shape index (κ1) is 18.9. The van der Waals surface area contributed by atoms with Crippen molar-refractivity contribution in [2.45, 2.75) is 84.0 Å². The molecule has 1 aromatic heterocycles. The minimum Gasteiger partial charge on any atom is -0.493 e. The van der Waals surface area contributed by atoms with E-state index in [0.29, 0.717) is 0 Å². The predicted octanol–water partition coefficient (Wildman–Crippen LogP) is 7.51. The largest absolute Gasteiger partial charge is 0.493 e. The van der Waals surface area contributed by atoms with Crippen LogP contribution in [0.5, 0.6) is 5.75 Å². The monoisotopic (exact) mass is 330 g/mol. The molecule has 1 aromatic carbocycles. The second-order valence-corrected chi connectivity index (χ2v) is 6.83. The number of rotatable bonds is 14. The molecule has 2 rings (SSSR count). The van der Waals surface area contributed by atoms with Crippen molar-refractivity contribution in [3.8, 4) is 5.75 Å². The predicted molar refractivity (Wildman–Crippen MR) is 103 cm³/mol. The fourth-order valence-electron chi connectivity index (χ4n) is 3.22. The van der Waals surface area contributed by atoms with Crippen LogP contribution in [0.25, 0.3) is 11.0 Å². The van der Waals surface area contributed by atoms with E-state index in [0.717, 1.165) is 29.7 Å². The van der Waals surface area contributed by atoms with E-state index >= 15 is 0 Å². The van der Waals surface area contributed by atoms with Gasteiger partial charge < -0.3 is 9.15 Å². The summed E-state index contributed by atoms with van der Waals surface area (Å²) in [6.07, 6.45) is 18.2. The fourth-order valence-corrected chi connectivity index (χ4v) is 3.22. The molecule has 0 aliphatic heterocycles. The Kier molecular flexibility index (Phi) is 9.45. The summed E-state index contributed by atoms with van der Waals surface area (Å²) >= 11 is 0. The highest BCUT2D eigenvalue weighted by Crippen LogP contribution is 2.26. The van der Waals surface area contributed by atoms with E-state index in [1.54, 1.807) is 6.26 Å². The Morgan fingerprint density at radius 1 is 0.750 bits per heavy atom. The lowest BCUT2D eigenvalue weighted by molar-refractivity contribution is 0.307. The highest BCUT2D eigenvalue weighted by Gasteiger charge is 2.03. The molecule has 0 N–H and O–H groups in total. The molecule has 24 heavy (non-hydrogen) atoms. The zero-order chi connectivity index (χ0) is 16.9. The number of furan rings is 1. The van der Waals surface area contributed by atoms with Gasteiger partial charge in [0.2, 0.25) is 0 Å². The average Bonchev–Trinajstić information content (AvgIpc) is 3.08. The molecule has 0 bridgehead atoms. The minimum absolute atomic E-state index is 0.807. The molecule has 1 heterocycles. The van der Waals surface area contributed by atoms with Gasteiger partial charge in [0.25, 0.3) is 0 Å². The number of unbranched alkanes of at least 4 members (excludes halogenated alkanes) is 11. The first-order valence-corrected chi connectivity index (χ1v) is 10.0. The van der Waals surface area contributed by atoms with E-state index in [2.05, 4.69) is 6.92 Å². The highest BCUT2D eigenvalue weighted by atomic mass is 16.5. The van der Waals surface area contributed by atoms with Crippen molar-refractivity contribution >= 4 is 11.0 Å². The second kappa shape index (κ2) is 12.0. The van der Waals surface area contributed by atoms with Crippen molar-refractivity contribution in [1.82, 2.24) is 0 Å². The van der Waals surface area contributed by atoms with Crippen LogP contribution in [0, 0.1) is 0 Å². The summed E-state index contributed by atoms with van der Waals surface area (Å²) < 4.78 is 11.3. The number of hydrogen-bond acceptors (Lipinski definition) is 2. The van der Waals surface area contributed by atoms with Crippen molar-refractivity contribution in [3.05, 3.63) is 30.5 Å². The molecule has 0 spiro atoms. The van der Waals surface area contributed by atoms with Crippen molar-refractivity contribution in [1.29, 1.82) is 0 Å². The van der Waals surface area contributed by atoms with Gasteiger partial charge in [-0.1, -0.05) is 83.6 Å². The maximum absolute atomic E-state index is 5.91. The number of ether oxygens (including phenoxy) is 1. The Balaban J connectivity index is 1.41. The van der Waals surface area contributed by atoms with Gasteiger partial charge in [-0.3, -0.25) is 0 Å². The molecule has 0 saturated heterocycles. The van der Waals surface area contributed by atoms with Gasteiger partial charge in [-0.15, -0.1) is 0 Å². The third-order valence-corrected chi connectivity index (χ3v) is 4.71. The summed E-state index contributed by atoms with van der Waals surface area (Å²) in [5, 5.41) is 1.08. The molecule has 0 saturated carbocycles. The summed E-state index contributed by atoms with van der Waals surface area (Å²) in [6, 6.07) is 7.97. The third-order valence-electron chi connectivity index (χ3n) is 4.71. The van der Waals surface area contributed by atoms with Crippen molar-refractivity contribution in [3.63, 3.8) is 0 Å². The summed E-state index contributed by atoms with van der Waals surface area (Å²) in [5.41, 5.74) is 0.905. The van der Waals surface area contributed by atoms with Crippen LogP contribution in [-0.2, 0) is 0 Å². The molecule has 0 aliphatic carbocycles. The standard InChI is InChI=1S/C22H34O2/c1-2-3-4-5-6-7-8-9-10-11-12-13-18-23-21-15-14-16-22-20(21)17-19-24-22/h14-17,19H,2-13,18H2,1H3. The van der Waals surface area contributed by atoms with Crippen LogP contribution in [-0.4, -0.2) is 6.61 Å². The Bertz CT molecular complexity index is 544. The first-order valence-electron chi connectivity index (χ1n) is 10.0. The van der Waals surface area contributed by atoms with Crippen LogP contribution >= 0.6 is 0 Å². The molecule has 2 aromatic rings. The maximum Gasteiger partial charge on any atom is 0.137 e. The SMILES string of the molecule is CCCCCCCCCCCCCCOc1cccc2occc12. The Morgan fingerprint density at radius 2 is 1.38 bits per heavy atom. The maximum atomic E-state index is 5.91. The van der Waals surface area contributed by atoms with Gasteiger partial charge in [-0.25, -0.2) is 0 Å². The van der Waals surface area contributed by atoms with E-state index in [1.807, 2.05) is 24.3 Å². The smallest absolute Gasteiger partial charge is 0.137 e. The quantitative estimate of drug-likeness (QED) is 0.334. The van der Waals surface area contributed by atoms with Crippen LogP contribution < -0.4 is 4.74 Å². The van der Waals surface area contributed by atoms with Crippen molar-refractivity contribution < 1.29 is 9.15 Å². The third kappa shape index (κ3) is 6.98. The molecule has 134 valence electrons. The van der Waals surface area contributed by atoms with Gasteiger partial charge in [0, 0.05) is 0 Å². The molecule has 0 fully saturated rings. The van der Waals surface area contributed by atoms with Crippen LogP contribution in [0.3, 0.4) is 0 Å². The Labute approximate surface area is 147 Å². The highest BCUT2D eigenvalue weighted by molar-refractivity contribution is 5.83. The molecule has 0 radical (unpaired) electrons. The van der Waals surface area contributed by atoms with Gasteiger partial charge in [-0.2, -0.15) is 0 Å². The average molecular weight is 331 g/mol. The number of fused-ring (bicyclic) bond motifs is 1. The van der Waals surface area contributed by atoms with Crippen molar-refractivity contribution in [2.75, 3.05) is 6.61 Å². The zero-order valence-electron chi connectivity index (χ0n) is 15.4. The van der Waals surface area contributed by atoms with Crippen LogP contribution in [0.1, 0.15) is 84.0 Å². The van der Waals surface area contributed by atoms with Crippen LogP contribution in [0.2, 0.25) is 0 Å². The Hall–Kier alpha value is -1.44. The molecule has 0 aliphatic rings. The number of benzene rings is 1. The summed E-state index contributed by atoms with van der Waals surface area (Å²) in [7, 11) is 0. The summed E-state index contributed by atoms with van der Waals surface area (Å²) in [5.74, 6) is 0.948. The molecule has 0 amide bonds. The lowest BCUT2D eigenvalue weighted by Crippen LogP contribution is -1.97. The number of hydrogen-bond donors (Lipinski definition) is 0. The van der Waals surface area contributed by atoms with E-state index < -0.39 is 0 Å². The van der Waals surface area contributed by atoms with Crippen LogP contribution in [0.4, 0.5) is 0 Å². The van der Waals surface area contributed by atoms with E-state index in [1.165, 1.54) is 70.6 Å². The molecule has 2 nitrogen and oxygen atoms in total. The first-order chi connectivity index (χ1) is 11.9. The normalized spacial score (nSPS) is 11.2. The van der Waals surface area contributed by atoms with Crippen LogP contribution in [0.15, 0.2) is 34.9 Å². The van der Waals surface area contributed by atoms with Crippen molar-refractivity contribution in [2.24, 2.45) is 0 Å². The molecule has 0 atom stereocenters. The lowest BCUT2D eigenvalue weighted by atomic mass is 10.1. The summed E-state index contributed by atoms with van der Waals surface area (Å²) in [4.78, 5) is 0. The molecular formula is C22H34O2. The van der Waals surface area contributed by atoms with E-state index in [9.17, 15) is 0 Å². The van der Waals surface area contributed by atoms with Gasteiger partial charge in [-0.05, 0) is 24.6 Å². The second-order valence-electron chi connectivity index (χ2n) is 6.83. The fraction of sp³-hybridized carbons (Fsp3) is 0.636. The minimum atomic E-state index is 0.807. The topological polar surface area (TPSA) is 22.4 Å². The van der Waals surface area contributed by atoms with E-state index in [-0.39, 0.29) is 0 Å². The van der Waals surface area contributed by atoms with Gasteiger partial charge in [0.1, 0.15) is 11.3 Å². The van der Waals surface area contributed by atoms with E-state index in [4.69, 9.17) is 9.15 Å². The van der Waals surface area contributed by atoms with Gasteiger partial charge in [0.15, 0.2) is 0 Å². The molecular weight excluding hydrogens is 296 g/mol. The lowest BCUT2D eigenvalue weighted by Gasteiger charge is -2.07.